The zero-order chi connectivity index (χ0) is 27.8. The van der Waals surface area contributed by atoms with Gasteiger partial charge in [-0.1, -0.05) is 53.2 Å². The summed E-state index contributed by atoms with van der Waals surface area (Å²) < 4.78 is 6.93. The van der Waals surface area contributed by atoms with Crippen molar-refractivity contribution < 1.29 is 14.3 Å². The van der Waals surface area contributed by atoms with Crippen molar-refractivity contribution in [2.45, 2.75) is 155 Å². The molecule has 0 heterocycles. The van der Waals surface area contributed by atoms with E-state index < -0.39 is 16.6 Å². The second-order valence-electron chi connectivity index (χ2n) is 16.8. The van der Waals surface area contributed by atoms with E-state index in [0.717, 1.165) is 25.2 Å². The topological polar surface area (TPSA) is 49.7 Å². The molecule has 3 saturated carbocycles. The van der Waals surface area contributed by atoms with Gasteiger partial charge in [-0.25, -0.2) is 0 Å². The molecule has 0 saturated heterocycles. The first-order valence-electron chi connectivity index (χ1n) is 15.5. The third-order valence-electron chi connectivity index (χ3n) is 13.3. The average Bonchev–Trinajstić information content (AvgIpc) is 3.07. The van der Waals surface area contributed by atoms with E-state index in [-0.39, 0.29) is 21.6 Å². The zero-order valence-corrected chi connectivity index (χ0v) is 28.2. The van der Waals surface area contributed by atoms with Crippen LogP contribution in [-0.4, -0.2) is 38.7 Å². The molecule has 4 aliphatic carbocycles. The molecule has 4 aliphatic rings. The molecule has 0 aromatic rings. The van der Waals surface area contributed by atoms with Gasteiger partial charge in [0.2, 0.25) is 0 Å². The smallest absolute Gasteiger partial charge is 0.192 e. The highest BCUT2D eigenvalue weighted by Gasteiger charge is 2.62. The molecule has 4 unspecified atom stereocenters. The number of allylic oxidation sites excluding steroid dienone is 1. The summed E-state index contributed by atoms with van der Waals surface area (Å²) in [5.74, 6) is 2.77. The fraction of sp³-hybridized carbons (Fsp3) is 0.938. The summed E-state index contributed by atoms with van der Waals surface area (Å²) in [6.45, 7) is 25.4. The standard InChI is InChI=1S/C32H60O3Si2/c1-22(33)32-19-16-25(35-37(10,11)29(2,3)4)20-23(32)12-14-26-27-15-13-24(21-30(5,6)36(8,9)34)31(27,7)18-17-28(26)32/h12,22,24-28,33-34H,13-21H2,1-11H3/t22?,24-,25+,26?,27?,28?,31-,32-/m1/s1. The predicted molar refractivity (Wildman–Crippen MR) is 162 cm³/mol. The molecule has 0 spiro atoms. The van der Waals surface area contributed by atoms with E-state index in [2.05, 4.69) is 80.7 Å². The van der Waals surface area contributed by atoms with Gasteiger partial charge >= 0.3 is 0 Å². The van der Waals surface area contributed by atoms with Crippen LogP contribution < -0.4 is 0 Å². The Morgan fingerprint density at radius 1 is 1.00 bits per heavy atom. The molecular formula is C32H60O3Si2. The minimum atomic E-state index is -2.21. The van der Waals surface area contributed by atoms with Crippen molar-refractivity contribution in [3.63, 3.8) is 0 Å². The fourth-order valence-corrected chi connectivity index (χ4v) is 11.3. The van der Waals surface area contributed by atoms with Gasteiger partial charge < -0.3 is 14.3 Å². The van der Waals surface area contributed by atoms with E-state index in [9.17, 15) is 9.90 Å². The van der Waals surface area contributed by atoms with Crippen molar-refractivity contribution in [3.8, 4) is 0 Å². The van der Waals surface area contributed by atoms with Gasteiger partial charge in [-0.3, -0.25) is 0 Å². The Labute approximate surface area is 231 Å². The van der Waals surface area contributed by atoms with Gasteiger partial charge in [0.1, 0.15) is 0 Å². The second kappa shape index (κ2) is 9.57. The lowest BCUT2D eigenvalue weighted by Gasteiger charge is -2.60. The van der Waals surface area contributed by atoms with E-state index in [1.165, 1.54) is 44.1 Å². The molecule has 0 aliphatic heterocycles. The van der Waals surface area contributed by atoms with Crippen LogP contribution in [0.4, 0.5) is 0 Å². The number of aliphatic hydroxyl groups is 1. The minimum Gasteiger partial charge on any atom is -0.432 e. The van der Waals surface area contributed by atoms with Crippen LogP contribution in [0.25, 0.3) is 0 Å². The van der Waals surface area contributed by atoms with E-state index in [1.807, 2.05) is 0 Å². The maximum atomic E-state index is 11.5. The summed E-state index contributed by atoms with van der Waals surface area (Å²) in [7, 11) is -4.02. The molecule has 0 aromatic heterocycles. The lowest BCUT2D eigenvalue weighted by molar-refractivity contribution is -0.100. The summed E-state index contributed by atoms with van der Waals surface area (Å²) in [4.78, 5) is 11.0. The van der Waals surface area contributed by atoms with E-state index >= 15 is 0 Å². The van der Waals surface area contributed by atoms with E-state index in [0.29, 0.717) is 29.3 Å². The fourth-order valence-electron chi connectivity index (χ4n) is 9.12. The van der Waals surface area contributed by atoms with Crippen molar-refractivity contribution in [3.05, 3.63) is 11.6 Å². The van der Waals surface area contributed by atoms with E-state index in [1.54, 1.807) is 0 Å². The third-order valence-corrected chi connectivity index (χ3v) is 21.3. The lowest BCUT2D eigenvalue weighted by atomic mass is 9.45. The molecule has 5 heteroatoms. The van der Waals surface area contributed by atoms with Crippen molar-refractivity contribution in [2.24, 2.45) is 34.5 Å². The van der Waals surface area contributed by atoms with Gasteiger partial charge in [0.25, 0.3) is 0 Å². The highest BCUT2D eigenvalue weighted by molar-refractivity contribution is 6.74. The van der Waals surface area contributed by atoms with Gasteiger partial charge in [0, 0.05) is 11.5 Å². The number of aliphatic hydroxyl groups excluding tert-OH is 1. The molecule has 8 atom stereocenters. The van der Waals surface area contributed by atoms with Crippen LogP contribution in [0.5, 0.6) is 0 Å². The maximum absolute atomic E-state index is 11.5. The first-order valence-corrected chi connectivity index (χ1v) is 21.4. The first-order chi connectivity index (χ1) is 16.8. The Balaban J connectivity index is 1.57. The summed E-state index contributed by atoms with van der Waals surface area (Å²) >= 11 is 0. The molecule has 0 bridgehead atoms. The molecule has 214 valence electrons. The number of rotatable bonds is 6. The van der Waals surface area contributed by atoms with Crippen LogP contribution in [0.3, 0.4) is 0 Å². The average molecular weight is 549 g/mol. The van der Waals surface area contributed by atoms with E-state index in [4.69, 9.17) is 4.43 Å². The first kappa shape index (κ1) is 30.0. The van der Waals surface area contributed by atoms with Crippen LogP contribution in [0.15, 0.2) is 11.6 Å². The number of hydrogen-bond donors (Lipinski definition) is 2. The Bertz CT molecular complexity index is 879. The third kappa shape index (κ3) is 4.93. The Morgan fingerprint density at radius 3 is 2.22 bits per heavy atom. The molecule has 0 radical (unpaired) electrons. The molecule has 0 amide bonds. The quantitative estimate of drug-likeness (QED) is 0.258. The molecular weight excluding hydrogens is 489 g/mol. The summed E-state index contributed by atoms with van der Waals surface area (Å²) in [5, 5.41) is 11.7. The largest absolute Gasteiger partial charge is 0.432 e. The minimum absolute atomic E-state index is 0.0467. The molecule has 3 fully saturated rings. The van der Waals surface area contributed by atoms with Crippen LogP contribution >= 0.6 is 0 Å². The molecule has 2 N–H and O–H groups in total. The molecule has 4 rings (SSSR count). The van der Waals surface area contributed by atoms with Crippen molar-refractivity contribution >= 4 is 16.6 Å². The normalized spacial score (nSPS) is 39.9. The van der Waals surface area contributed by atoms with Crippen LogP contribution in [-0.2, 0) is 4.43 Å². The summed E-state index contributed by atoms with van der Waals surface area (Å²) in [6, 6.07) is 0. The highest BCUT2D eigenvalue weighted by atomic mass is 28.4. The van der Waals surface area contributed by atoms with Crippen molar-refractivity contribution in [1.82, 2.24) is 0 Å². The Hall–Kier alpha value is 0.0538. The lowest BCUT2D eigenvalue weighted by Crippen LogP contribution is -2.56. The van der Waals surface area contributed by atoms with Gasteiger partial charge in [-0.05, 0) is 130 Å². The number of fused-ring (bicyclic) bond motifs is 5. The van der Waals surface area contributed by atoms with Crippen molar-refractivity contribution in [1.29, 1.82) is 0 Å². The van der Waals surface area contributed by atoms with Crippen LogP contribution in [0.2, 0.25) is 36.3 Å². The molecule has 37 heavy (non-hydrogen) atoms. The second-order valence-corrected chi connectivity index (χ2v) is 26.0. The maximum Gasteiger partial charge on any atom is 0.192 e. The van der Waals surface area contributed by atoms with Gasteiger partial charge in [0.05, 0.1) is 6.10 Å². The van der Waals surface area contributed by atoms with Crippen molar-refractivity contribution in [2.75, 3.05) is 0 Å². The Kier molecular flexibility index (Phi) is 7.76. The number of hydrogen-bond acceptors (Lipinski definition) is 3. The zero-order valence-electron chi connectivity index (χ0n) is 26.2. The molecule has 0 aromatic carbocycles. The predicted octanol–water partition coefficient (Wildman–Crippen LogP) is 8.68. The monoisotopic (exact) mass is 548 g/mol. The summed E-state index contributed by atoms with van der Waals surface area (Å²) in [5.41, 5.74) is 1.87. The van der Waals surface area contributed by atoms with Gasteiger partial charge in [-0.15, -0.1) is 0 Å². The highest BCUT2D eigenvalue weighted by Crippen LogP contribution is 2.68. The van der Waals surface area contributed by atoms with Gasteiger partial charge in [0.15, 0.2) is 16.6 Å². The molecule has 3 nitrogen and oxygen atoms in total. The van der Waals surface area contributed by atoms with Crippen LogP contribution in [0.1, 0.15) is 106 Å². The van der Waals surface area contributed by atoms with Gasteiger partial charge in [-0.2, -0.15) is 0 Å². The van der Waals surface area contributed by atoms with Crippen LogP contribution in [0, 0.1) is 34.5 Å². The SMILES string of the molecule is CC(O)[C@]12CC[C@H](O[Si](C)(C)C(C)(C)C)CC1=CCC1C2CC[C@@]2(C)C1CC[C@@H]2CC(C)(C)[Si](C)(C)O. The Morgan fingerprint density at radius 2 is 1.65 bits per heavy atom. The summed E-state index contributed by atoms with van der Waals surface area (Å²) in [6.07, 6.45) is 13.4.